The number of benzene rings is 1. The van der Waals surface area contributed by atoms with Crippen LogP contribution in [0.15, 0.2) is 30.3 Å². The third-order valence-electron chi connectivity index (χ3n) is 3.54. The second-order valence-corrected chi connectivity index (χ2v) is 5.41. The van der Waals surface area contributed by atoms with Gasteiger partial charge in [0.1, 0.15) is 0 Å². The highest BCUT2D eigenvalue weighted by atomic mass is 15.1. The summed E-state index contributed by atoms with van der Waals surface area (Å²) in [5.74, 6) is 0. The van der Waals surface area contributed by atoms with Crippen molar-refractivity contribution in [2.45, 2.75) is 39.8 Å². The number of nitrogens with zero attached hydrogens (tertiary/aromatic N) is 3. The third-order valence-corrected chi connectivity index (χ3v) is 3.54. The molecule has 0 radical (unpaired) electrons. The fraction of sp³-hybridized carbons (Fsp3) is 0.412. The summed E-state index contributed by atoms with van der Waals surface area (Å²) in [6.07, 6.45) is 0.570. The molecule has 104 valence electrons. The van der Waals surface area contributed by atoms with Crippen LogP contribution in [-0.2, 0) is 6.54 Å². The molecular formula is C17H21N3. The van der Waals surface area contributed by atoms with Crippen LogP contribution in [-0.4, -0.2) is 22.5 Å². The van der Waals surface area contributed by atoms with Crippen molar-refractivity contribution in [1.29, 1.82) is 5.26 Å². The number of hydrogen-bond donors (Lipinski definition) is 0. The Bertz CT molecular complexity index is 626. The van der Waals surface area contributed by atoms with Gasteiger partial charge in [-0.05, 0) is 38.5 Å². The highest BCUT2D eigenvalue weighted by Gasteiger charge is 2.12. The summed E-state index contributed by atoms with van der Waals surface area (Å²) in [4.78, 5) is 6.92. The van der Waals surface area contributed by atoms with Crippen LogP contribution in [0.4, 0.5) is 0 Å². The summed E-state index contributed by atoms with van der Waals surface area (Å²) in [5, 5.41) is 10.0. The molecule has 0 fully saturated rings. The normalized spacial score (nSPS) is 11.2. The van der Waals surface area contributed by atoms with E-state index >= 15 is 0 Å². The Morgan fingerprint density at radius 2 is 2.05 bits per heavy atom. The van der Waals surface area contributed by atoms with Crippen molar-refractivity contribution in [3.8, 4) is 6.07 Å². The lowest BCUT2D eigenvalue weighted by Crippen LogP contribution is -2.31. The maximum absolute atomic E-state index is 8.79. The first-order valence-electron chi connectivity index (χ1n) is 7.08. The molecular weight excluding hydrogens is 246 g/mol. The first kappa shape index (κ1) is 14.5. The quantitative estimate of drug-likeness (QED) is 0.830. The molecule has 0 aliphatic carbocycles. The average Bonchev–Trinajstić information content (AvgIpc) is 2.42. The summed E-state index contributed by atoms with van der Waals surface area (Å²) in [6.45, 7) is 8.05. The molecule has 0 bridgehead atoms. The van der Waals surface area contributed by atoms with Crippen LogP contribution in [0.3, 0.4) is 0 Å². The second kappa shape index (κ2) is 6.49. The minimum absolute atomic E-state index is 0.426. The molecule has 2 aromatic rings. The Labute approximate surface area is 120 Å². The molecule has 2 rings (SSSR count). The number of aromatic nitrogens is 1. The van der Waals surface area contributed by atoms with E-state index in [2.05, 4.69) is 54.1 Å². The Morgan fingerprint density at radius 3 is 2.75 bits per heavy atom. The van der Waals surface area contributed by atoms with Gasteiger partial charge in [0.15, 0.2) is 0 Å². The summed E-state index contributed by atoms with van der Waals surface area (Å²) >= 11 is 0. The number of pyridine rings is 1. The van der Waals surface area contributed by atoms with E-state index in [1.54, 1.807) is 0 Å². The lowest BCUT2D eigenvalue weighted by molar-refractivity contribution is 0.218. The molecule has 3 nitrogen and oxygen atoms in total. The van der Waals surface area contributed by atoms with Crippen LogP contribution in [0.2, 0.25) is 0 Å². The van der Waals surface area contributed by atoms with Gasteiger partial charge in [0.25, 0.3) is 0 Å². The van der Waals surface area contributed by atoms with Crippen molar-refractivity contribution >= 4 is 10.9 Å². The average molecular weight is 267 g/mol. The molecule has 0 saturated heterocycles. The van der Waals surface area contributed by atoms with Crippen LogP contribution in [0.5, 0.6) is 0 Å². The number of para-hydroxylation sites is 1. The van der Waals surface area contributed by atoms with Crippen molar-refractivity contribution in [1.82, 2.24) is 9.88 Å². The standard InChI is InChI=1S/C17H21N3/c1-13(2)20(10-6-9-18)12-15-11-14(3)19-17-8-5-4-7-16(15)17/h4-5,7-8,11,13H,6,10,12H2,1-3H3. The Hall–Kier alpha value is -1.92. The molecule has 0 aliphatic heterocycles. The highest BCUT2D eigenvalue weighted by Crippen LogP contribution is 2.20. The zero-order valence-corrected chi connectivity index (χ0v) is 12.4. The van der Waals surface area contributed by atoms with Gasteiger partial charge < -0.3 is 0 Å². The van der Waals surface area contributed by atoms with Crippen molar-refractivity contribution in [3.63, 3.8) is 0 Å². The summed E-state index contributed by atoms with van der Waals surface area (Å²) in [7, 11) is 0. The van der Waals surface area contributed by atoms with Crippen molar-refractivity contribution in [3.05, 3.63) is 41.6 Å². The number of rotatable bonds is 5. The maximum Gasteiger partial charge on any atom is 0.0708 e. The largest absolute Gasteiger partial charge is 0.296 e. The smallest absolute Gasteiger partial charge is 0.0708 e. The van der Waals surface area contributed by atoms with E-state index in [1.807, 2.05) is 13.0 Å². The zero-order chi connectivity index (χ0) is 14.5. The van der Waals surface area contributed by atoms with Crippen molar-refractivity contribution < 1.29 is 0 Å². The molecule has 20 heavy (non-hydrogen) atoms. The molecule has 0 spiro atoms. The molecule has 1 aromatic heterocycles. The minimum Gasteiger partial charge on any atom is -0.296 e. The van der Waals surface area contributed by atoms with E-state index in [0.717, 1.165) is 24.3 Å². The van der Waals surface area contributed by atoms with E-state index in [0.29, 0.717) is 12.5 Å². The molecule has 1 heterocycles. The summed E-state index contributed by atoms with van der Waals surface area (Å²) < 4.78 is 0. The van der Waals surface area contributed by atoms with Gasteiger partial charge in [-0.25, -0.2) is 0 Å². The fourth-order valence-corrected chi connectivity index (χ4v) is 2.46. The van der Waals surface area contributed by atoms with Gasteiger partial charge in [0.2, 0.25) is 0 Å². The van der Waals surface area contributed by atoms with Gasteiger partial charge in [-0.1, -0.05) is 18.2 Å². The minimum atomic E-state index is 0.426. The van der Waals surface area contributed by atoms with Gasteiger partial charge >= 0.3 is 0 Å². The summed E-state index contributed by atoms with van der Waals surface area (Å²) in [5.41, 5.74) is 3.38. The fourth-order valence-electron chi connectivity index (χ4n) is 2.46. The topological polar surface area (TPSA) is 39.9 Å². The molecule has 0 amide bonds. The Morgan fingerprint density at radius 1 is 1.30 bits per heavy atom. The van der Waals surface area contributed by atoms with E-state index in [-0.39, 0.29) is 0 Å². The molecule has 0 N–H and O–H groups in total. The third kappa shape index (κ3) is 3.34. The van der Waals surface area contributed by atoms with Gasteiger partial charge in [-0.2, -0.15) is 5.26 Å². The first-order chi connectivity index (χ1) is 9.61. The molecule has 0 aliphatic rings. The van der Waals surface area contributed by atoms with E-state index in [9.17, 15) is 0 Å². The van der Waals surface area contributed by atoms with Gasteiger partial charge in [0, 0.05) is 36.6 Å². The van der Waals surface area contributed by atoms with Crippen molar-refractivity contribution in [2.24, 2.45) is 0 Å². The molecule has 0 saturated carbocycles. The van der Waals surface area contributed by atoms with Crippen LogP contribution >= 0.6 is 0 Å². The van der Waals surface area contributed by atoms with E-state index in [4.69, 9.17) is 5.26 Å². The lowest BCUT2D eigenvalue weighted by atomic mass is 10.1. The van der Waals surface area contributed by atoms with Gasteiger partial charge in [0.05, 0.1) is 11.6 Å². The van der Waals surface area contributed by atoms with E-state index < -0.39 is 0 Å². The lowest BCUT2D eigenvalue weighted by Gasteiger charge is -2.26. The molecule has 1 aromatic carbocycles. The highest BCUT2D eigenvalue weighted by molar-refractivity contribution is 5.82. The Kier molecular flexibility index (Phi) is 4.70. The Balaban J connectivity index is 2.34. The molecule has 3 heteroatoms. The second-order valence-electron chi connectivity index (χ2n) is 5.41. The maximum atomic E-state index is 8.79. The number of aryl methyl sites for hydroxylation is 1. The van der Waals surface area contributed by atoms with Gasteiger partial charge in [-0.3, -0.25) is 9.88 Å². The van der Waals surface area contributed by atoms with Crippen LogP contribution in [0.25, 0.3) is 10.9 Å². The van der Waals surface area contributed by atoms with Crippen molar-refractivity contribution in [2.75, 3.05) is 6.54 Å². The SMILES string of the molecule is Cc1cc(CN(CCC#N)C(C)C)c2ccccc2n1. The summed E-state index contributed by atoms with van der Waals surface area (Å²) in [6, 6.07) is 13.1. The number of fused-ring (bicyclic) bond motifs is 1. The monoisotopic (exact) mass is 267 g/mol. The van der Waals surface area contributed by atoms with Gasteiger partial charge in [-0.15, -0.1) is 0 Å². The van der Waals surface area contributed by atoms with Crippen LogP contribution < -0.4 is 0 Å². The predicted octanol–water partition coefficient (Wildman–Crippen LogP) is 3.67. The number of hydrogen-bond acceptors (Lipinski definition) is 3. The molecule has 0 atom stereocenters. The zero-order valence-electron chi connectivity index (χ0n) is 12.4. The predicted molar refractivity (Wildman–Crippen MR) is 82.3 cm³/mol. The first-order valence-corrected chi connectivity index (χ1v) is 7.08. The van der Waals surface area contributed by atoms with Crippen LogP contribution in [0, 0.1) is 18.3 Å². The van der Waals surface area contributed by atoms with Crippen LogP contribution in [0.1, 0.15) is 31.5 Å². The van der Waals surface area contributed by atoms with E-state index in [1.165, 1.54) is 10.9 Å². The molecule has 0 unspecified atom stereocenters. The number of nitriles is 1.